The van der Waals surface area contributed by atoms with Crippen molar-refractivity contribution in [1.82, 2.24) is 5.32 Å². The Kier molecular flexibility index (Phi) is 3.72. The number of amides is 1. The summed E-state index contributed by atoms with van der Waals surface area (Å²) in [6.07, 6.45) is 3.48. The van der Waals surface area contributed by atoms with Gasteiger partial charge in [-0.2, -0.15) is 0 Å². The second kappa shape index (κ2) is 5.08. The molecule has 0 bridgehead atoms. The Bertz CT molecular complexity index is 433. The maximum Gasteiger partial charge on any atom is 0.253 e. The normalized spacial score (nSPS) is 22.2. The zero-order valence-corrected chi connectivity index (χ0v) is 11.5. The van der Waals surface area contributed by atoms with Crippen molar-refractivity contribution in [3.05, 3.63) is 28.2 Å². The van der Waals surface area contributed by atoms with Gasteiger partial charge in [0.05, 0.1) is 5.56 Å². The average Bonchev–Trinajstić information content (AvgIpc) is 2.96. The molecule has 0 saturated heterocycles. The van der Waals surface area contributed by atoms with E-state index in [2.05, 4.69) is 28.2 Å². The molecule has 1 aliphatic carbocycles. The molecule has 4 heteroatoms. The highest BCUT2D eigenvalue weighted by molar-refractivity contribution is 9.10. The van der Waals surface area contributed by atoms with Crippen LogP contribution in [0.15, 0.2) is 22.7 Å². The van der Waals surface area contributed by atoms with E-state index in [4.69, 9.17) is 5.73 Å². The fraction of sp³-hybridized carbons (Fsp3) is 0.462. The molecule has 0 radical (unpaired) electrons. The number of rotatable bonds is 4. The molecule has 3 N–H and O–H groups in total. The Morgan fingerprint density at radius 1 is 1.59 bits per heavy atom. The maximum absolute atomic E-state index is 12.0. The molecule has 0 aliphatic heterocycles. The molecule has 1 aromatic rings. The van der Waals surface area contributed by atoms with Crippen LogP contribution >= 0.6 is 15.9 Å². The lowest BCUT2D eigenvalue weighted by Gasteiger charge is -2.07. The van der Waals surface area contributed by atoms with Gasteiger partial charge >= 0.3 is 0 Å². The van der Waals surface area contributed by atoms with Crippen LogP contribution in [-0.4, -0.2) is 11.9 Å². The van der Waals surface area contributed by atoms with E-state index in [9.17, 15) is 4.79 Å². The summed E-state index contributed by atoms with van der Waals surface area (Å²) in [4.78, 5) is 12.0. The number of nitrogen functional groups attached to an aromatic ring is 1. The lowest BCUT2D eigenvalue weighted by atomic mass is 10.1. The number of carbonyl (C=O) groups is 1. The minimum Gasteiger partial charge on any atom is -0.398 e. The second-order valence-electron chi connectivity index (χ2n) is 4.60. The van der Waals surface area contributed by atoms with Crippen LogP contribution in [0.4, 0.5) is 5.69 Å². The second-order valence-corrected chi connectivity index (χ2v) is 5.51. The first-order chi connectivity index (χ1) is 8.11. The minimum absolute atomic E-state index is 0.0568. The number of anilines is 1. The Morgan fingerprint density at radius 3 is 3.00 bits per heavy atom. The van der Waals surface area contributed by atoms with Crippen molar-refractivity contribution in [2.45, 2.75) is 32.2 Å². The standard InChI is InChI=1S/C13H17BrN2O/c1-2-3-8-6-12(8)16-13(17)10-5-4-9(14)7-11(10)15/h4-5,7-8,12H,2-3,6,15H2,1H3,(H,16,17). The highest BCUT2D eigenvalue weighted by Gasteiger charge is 2.37. The van der Waals surface area contributed by atoms with Gasteiger partial charge in [-0.3, -0.25) is 4.79 Å². The molecule has 0 aromatic heterocycles. The maximum atomic E-state index is 12.0. The summed E-state index contributed by atoms with van der Waals surface area (Å²) in [5.41, 5.74) is 6.90. The zero-order valence-electron chi connectivity index (χ0n) is 9.87. The molecule has 1 aliphatic rings. The van der Waals surface area contributed by atoms with Crippen molar-refractivity contribution < 1.29 is 4.79 Å². The highest BCUT2D eigenvalue weighted by Crippen LogP contribution is 2.34. The SMILES string of the molecule is CCCC1CC1NC(=O)c1ccc(Br)cc1N. The Labute approximate surface area is 110 Å². The van der Waals surface area contributed by atoms with Crippen molar-refractivity contribution in [3.8, 4) is 0 Å². The molecule has 1 fully saturated rings. The summed E-state index contributed by atoms with van der Waals surface area (Å²) in [5.74, 6) is 0.610. The van der Waals surface area contributed by atoms with Crippen molar-refractivity contribution in [1.29, 1.82) is 0 Å². The number of hydrogen-bond acceptors (Lipinski definition) is 2. The van der Waals surface area contributed by atoms with Gasteiger partial charge in [-0.05, 0) is 37.0 Å². The Hall–Kier alpha value is -1.03. The Morgan fingerprint density at radius 2 is 2.35 bits per heavy atom. The number of halogens is 1. The van der Waals surface area contributed by atoms with Gasteiger partial charge in [0.15, 0.2) is 0 Å². The Balaban J connectivity index is 1.96. The number of nitrogens with one attached hydrogen (secondary N) is 1. The molecule has 2 unspecified atom stereocenters. The third-order valence-electron chi connectivity index (χ3n) is 3.16. The summed E-state index contributed by atoms with van der Waals surface area (Å²) >= 11 is 3.33. The first kappa shape index (κ1) is 12.4. The van der Waals surface area contributed by atoms with Gasteiger partial charge < -0.3 is 11.1 Å². The van der Waals surface area contributed by atoms with E-state index in [1.807, 2.05) is 6.07 Å². The van der Waals surface area contributed by atoms with Gasteiger partial charge in [-0.15, -0.1) is 0 Å². The van der Waals surface area contributed by atoms with E-state index in [0.29, 0.717) is 23.2 Å². The van der Waals surface area contributed by atoms with E-state index < -0.39 is 0 Å². The number of carbonyl (C=O) groups excluding carboxylic acids is 1. The summed E-state index contributed by atoms with van der Waals surface area (Å²) in [7, 11) is 0. The smallest absolute Gasteiger partial charge is 0.253 e. The number of benzene rings is 1. The van der Waals surface area contributed by atoms with Crippen LogP contribution in [-0.2, 0) is 0 Å². The molecule has 0 spiro atoms. The topological polar surface area (TPSA) is 55.1 Å². The molecular formula is C13H17BrN2O. The quantitative estimate of drug-likeness (QED) is 0.840. The van der Waals surface area contributed by atoms with E-state index in [1.165, 1.54) is 12.8 Å². The number of hydrogen-bond donors (Lipinski definition) is 2. The largest absolute Gasteiger partial charge is 0.398 e. The average molecular weight is 297 g/mol. The monoisotopic (exact) mass is 296 g/mol. The van der Waals surface area contributed by atoms with Crippen molar-refractivity contribution in [2.75, 3.05) is 5.73 Å². The van der Waals surface area contributed by atoms with Crippen LogP contribution in [0.3, 0.4) is 0 Å². The van der Waals surface area contributed by atoms with Crippen molar-refractivity contribution >= 4 is 27.5 Å². The summed E-state index contributed by atoms with van der Waals surface area (Å²) < 4.78 is 0.891. The van der Waals surface area contributed by atoms with Crippen LogP contribution in [0.1, 0.15) is 36.5 Å². The highest BCUT2D eigenvalue weighted by atomic mass is 79.9. The zero-order chi connectivity index (χ0) is 12.4. The van der Waals surface area contributed by atoms with Gasteiger partial charge in [-0.1, -0.05) is 29.3 Å². The van der Waals surface area contributed by atoms with Crippen LogP contribution in [0.2, 0.25) is 0 Å². The van der Waals surface area contributed by atoms with Crippen molar-refractivity contribution in [2.24, 2.45) is 5.92 Å². The molecule has 17 heavy (non-hydrogen) atoms. The van der Waals surface area contributed by atoms with Crippen LogP contribution in [0.5, 0.6) is 0 Å². The fourth-order valence-corrected chi connectivity index (χ4v) is 2.48. The lowest BCUT2D eigenvalue weighted by molar-refractivity contribution is 0.0949. The molecule has 1 aromatic carbocycles. The lowest BCUT2D eigenvalue weighted by Crippen LogP contribution is -2.27. The molecule has 2 atom stereocenters. The predicted molar refractivity (Wildman–Crippen MR) is 72.8 cm³/mol. The van der Waals surface area contributed by atoms with Gasteiger partial charge in [-0.25, -0.2) is 0 Å². The molecular weight excluding hydrogens is 280 g/mol. The van der Waals surface area contributed by atoms with E-state index in [0.717, 1.165) is 10.9 Å². The van der Waals surface area contributed by atoms with E-state index in [1.54, 1.807) is 12.1 Å². The molecule has 92 valence electrons. The third kappa shape index (κ3) is 3.00. The van der Waals surface area contributed by atoms with Gasteiger partial charge in [0.25, 0.3) is 5.91 Å². The summed E-state index contributed by atoms with van der Waals surface area (Å²) in [6, 6.07) is 5.70. The first-order valence-corrected chi connectivity index (χ1v) is 6.77. The fourth-order valence-electron chi connectivity index (χ4n) is 2.10. The van der Waals surface area contributed by atoms with Crippen LogP contribution < -0.4 is 11.1 Å². The third-order valence-corrected chi connectivity index (χ3v) is 3.65. The minimum atomic E-state index is -0.0568. The molecule has 1 amide bonds. The summed E-state index contributed by atoms with van der Waals surface area (Å²) in [5, 5.41) is 3.03. The van der Waals surface area contributed by atoms with E-state index >= 15 is 0 Å². The van der Waals surface area contributed by atoms with Crippen LogP contribution in [0.25, 0.3) is 0 Å². The van der Waals surface area contributed by atoms with Crippen molar-refractivity contribution in [3.63, 3.8) is 0 Å². The van der Waals surface area contributed by atoms with Gasteiger partial charge in [0, 0.05) is 16.2 Å². The first-order valence-electron chi connectivity index (χ1n) is 5.97. The van der Waals surface area contributed by atoms with E-state index in [-0.39, 0.29) is 5.91 Å². The predicted octanol–water partition coefficient (Wildman–Crippen LogP) is 2.95. The summed E-state index contributed by atoms with van der Waals surface area (Å²) in [6.45, 7) is 2.17. The number of nitrogens with two attached hydrogens (primary N) is 1. The molecule has 3 nitrogen and oxygen atoms in total. The molecule has 1 saturated carbocycles. The van der Waals surface area contributed by atoms with Gasteiger partial charge in [0.2, 0.25) is 0 Å². The van der Waals surface area contributed by atoms with Crippen LogP contribution in [0, 0.1) is 5.92 Å². The molecule has 2 rings (SSSR count). The van der Waals surface area contributed by atoms with Gasteiger partial charge in [0.1, 0.15) is 0 Å². The molecule has 0 heterocycles.